The van der Waals surface area contributed by atoms with Gasteiger partial charge in [-0.05, 0) is 48.7 Å². The summed E-state index contributed by atoms with van der Waals surface area (Å²) in [4.78, 5) is 21.7. The van der Waals surface area contributed by atoms with E-state index in [1.165, 1.54) is 0 Å². The molecule has 0 radical (unpaired) electrons. The van der Waals surface area contributed by atoms with Crippen LogP contribution < -0.4 is 15.5 Å². The van der Waals surface area contributed by atoms with E-state index in [4.69, 9.17) is 0 Å². The summed E-state index contributed by atoms with van der Waals surface area (Å²) < 4.78 is 0. The Morgan fingerprint density at radius 3 is 2.47 bits per heavy atom. The first-order valence-electron chi connectivity index (χ1n) is 9.67. The van der Waals surface area contributed by atoms with Crippen molar-refractivity contribution in [1.82, 2.24) is 20.1 Å². The molecule has 8 nitrogen and oxygen atoms in total. The van der Waals surface area contributed by atoms with E-state index < -0.39 is 0 Å². The highest BCUT2D eigenvalue weighted by Crippen LogP contribution is 2.20. The molecule has 2 amide bonds. The van der Waals surface area contributed by atoms with Gasteiger partial charge < -0.3 is 20.4 Å². The smallest absolute Gasteiger partial charge is 0.321 e. The molecule has 1 aliphatic heterocycles. The van der Waals surface area contributed by atoms with E-state index in [1.807, 2.05) is 59.7 Å². The first-order valence-corrected chi connectivity index (χ1v) is 10.9. The highest BCUT2D eigenvalue weighted by molar-refractivity contribution is 7.98. The van der Waals surface area contributed by atoms with Gasteiger partial charge in [0.1, 0.15) is 0 Å². The Morgan fingerprint density at radius 2 is 1.77 bits per heavy atom. The minimum Gasteiger partial charge on any atom is -0.352 e. The number of aromatic nitrogens is 3. The molecule has 0 unspecified atom stereocenters. The van der Waals surface area contributed by atoms with Gasteiger partial charge >= 0.3 is 6.03 Å². The number of carbonyl (C=O) groups excluding carboxylic acids is 1. The van der Waals surface area contributed by atoms with Gasteiger partial charge in [0.25, 0.3) is 0 Å². The summed E-state index contributed by atoms with van der Waals surface area (Å²) in [6.45, 7) is 2.69. The van der Waals surface area contributed by atoms with Crippen molar-refractivity contribution in [2.45, 2.75) is 4.90 Å². The van der Waals surface area contributed by atoms with Gasteiger partial charge in [0, 0.05) is 54.8 Å². The molecule has 0 bridgehead atoms. The zero-order valence-corrected chi connectivity index (χ0v) is 17.5. The lowest BCUT2D eigenvalue weighted by molar-refractivity contribution is 0.208. The summed E-state index contributed by atoms with van der Waals surface area (Å²) >= 11 is 1.65. The van der Waals surface area contributed by atoms with Crippen molar-refractivity contribution in [3.05, 3.63) is 60.9 Å². The van der Waals surface area contributed by atoms with Crippen molar-refractivity contribution in [2.75, 3.05) is 48.0 Å². The van der Waals surface area contributed by atoms with Crippen LogP contribution in [0.4, 0.5) is 27.8 Å². The van der Waals surface area contributed by atoms with Gasteiger partial charge in [-0.25, -0.2) is 4.79 Å². The van der Waals surface area contributed by atoms with Crippen LogP contribution in [0.1, 0.15) is 0 Å². The van der Waals surface area contributed by atoms with Crippen LogP contribution in [0.5, 0.6) is 0 Å². The first kappa shape index (κ1) is 20.0. The fourth-order valence-electron chi connectivity index (χ4n) is 3.19. The van der Waals surface area contributed by atoms with Crippen LogP contribution in [0.25, 0.3) is 0 Å². The summed E-state index contributed by atoms with van der Waals surface area (Å²) in [5, 5.41) is 14.8. The van der Waals surface area contributed by atoms with E-state index in [0.29, 0.717) is 32.0 Å². The Bertz CT molecular complexity index is 976. The zero-order chi connectivity index (χ0) is 20.8. The second-order valence-electron chi connectivity index (χ2n) is 6.77. The predicted octanol–water partition coefficient (Wildman–Crippen LogP) is 3.69. The van der Waals surface area contributed by atoms with Crippen LogP contribution >= 0.6 is 11.8 Å². The second-order valence-corrected chi connectivity index (χ2v) is 7.65. The lowest BCUT2D eigenvalue weighted by atomic mass is 10.3. The third-order valence-corrected chi connectivity index (χ3v) is 5.54. The number of anilines is 4. The number of hydrogen-bond donors (Lipinski definition) is 2. The Kier molecular flexibility index (Phi) is 6.29. The van der Waals surface area contributed by atoms with E-state index in [-0.39, 0.29) is 6.03 Å². The molecule has 30 heavy (non-hydrogen) atoms. The van der Waals surface area contributed by atoms with Gasteiger partial charge in [-0.3, -0.25) is 4.98 Å². The average molecular weight is 422 g/mol. The molecule has 2 aromatic heterocycles. The number of nitrogens with zero attached hydrogens (tertiary/aromatic N) is 5. The maximum atomic E-state index is 12.6. The fraction of sp³-hybridized carbons (Fsp3) is 0.238. The number of urea groups is 1. The quantitative estimate of drug-likeness (QED) is 0.608. The van der Waals surface area contributed by atoms with Crippen molar-refractivity contribution >= 4 is 40.8 Å². The largest absolute Gasteiger partial charge is 0.352 e. The topological polar surface area (TPSA) is 86.3 Å². The fourth-order valence-corrected chi connectivity index (χ4v) is 3.65. The van der Waals surface area contributed by atoms with Gasteiger partial charge in [0.2, 0.25) is 0 Å². The van der Waals surface area contributed by atoms with Crippen molar-refractivity contribution < 1.29 is 4.79 Å². The van der Waals surface area contributed by atoms with Gasteiger partial charge in [-0.15, -0.1) is 22.0 Å². The molecular formula is C21H23N7OS. The summed E-state index contributed by atoms with van der Waals surface area (Å²) in [6.07, 6.45) is 5.46. The molecule has 3 heterocycles. The number of benzene rings is 1. The number of amides is 2. The minimum absolute atomic E-state index is 0.0733. The maximum absolute atomic E-state index is 12.6. The van der Waals surface area contributed by atoms with Gasteiger partial charge in [-0.1, -0.05) is 6.07 Å². The first-order chi connectivity index (χ1) is 14.7. The normalized spacial score (nSPS) is 13.8. The number of carbonyl (C=O) groups is 1. The van der Waals surface area contributed by atoms with Crippen LogP contribution in [-0.4, -0.2) is 58.5 Å². The van der Waals surface area contributed by atoms with Crippen molar-refractivity contribution in [1.29, 1.82) is 0 Å². The van der Waals surface area contributed by atoms with Crippen molar-refractivity contribution in [2.24, 2.45) is 0 Å². The highest BCUT2D eigenvalue weighted by Gasteiger charge is 2.22. The van der Waals surface area contributed by atoms with E-state index in [9.17, 15) is 4.79 Å². The summed E-state index contributed by atoms with van der Waals surface area (Å²) in [7, 11) is 0. The molecule has 2 N–H and O–H groups in total. The SMILES string of the molecule is CSc1cccc(NC(=O)N2CCN(c3ccc(Nc4ccncc4)nn3)CC2)c1. The van der Waals surface area contributed by atoms with Crippen molar-refractivity contribution in [3.63, 3.8) is 0 Å². The predicted molar refractivity (Wildman–Crippen MR) is 121 cm³/mol. The Hall–Kier alpha value is -3.33. The number of piperazine rings is 1. The second kappa shape index (κ2) is 9.45. The summed E-state index contributed by atoms with van der Waals surface area (Å²) in [5.74, 6) is 1.48. The van der Waals surface area contributed by atoms with Gasteiger partial charge in [0.05, 0.1) is 0 Å². The van der Waals surface area contributed by atoms with Gasteiger partial charge in [-0.2, -0.15) is 0 Å². The molecule has 0 aliphatic carbocycles. The van der Waals surface area contributed by atoms with Crippen molar-refractivity contribution in [3.8, 4) is 0 Å². The number of nitrogens with one attached hydrogen (secondary N) is 2. The Labute approximate surface area is 179 Å². The van der Waals surface area contributed by atoms with Crippen LogP contribution in [0, 0.1) is 0 Å². The number of thioether (sulfide) groups is 1. The molecule has 0 atom stereocenters. The molecule has 3 aromatic rings. The van der Waals surface area contributed by atoms with Crippen LogP contribution in [-0.2, 0) is 0 Å². The molecule has 154 valence electrons. The molecule has 1 aliphatic rings. The third-order valence-electron chi connectivity index (χ3n) is 4.82. The molecule has 0 spiro atoms. The molecule has 0 saturated carbocycles. The highest BCUT2D eigenvalue weighted by atomic mass is 32.2. The van der Waals surface area contributed by atoms with E-state index in [0.717, 1.165) is 22.1 Å². The third kappa shape index (κ3) is 4.98. The van der Waals surface area contributed by atoms with E-state index in [1.54, 1.807) is 24.2 Å². The minimum atomic E-state index is -0.0733. The molecule has 1 aromatic carbocycles. The maximum Gasteiger partial charge on any atom is 0.321 e. The van der Waals surface area contributed by atoms with E-state index in [2.05, 4.69) is 30.7 Å². The monoisotopic (exact) mass is 421 g/mol. The molecule has 1 saturated heterocycles. The number of pyridine rings is 1. The summed E-state index contributed by atoms with van der Waals surface area (Å²) in [6, 6.07) is 15.4. The standard InChI is InChI=1S/C21H23N7OS/c1-30-18-4-2-3-17(15-18)24-21(29)28-13-11-27(12-14-28)20-6-5-19(25-26-20)23-16-7-9-22-10-8-16/h2-10,15H,11-14H2,1H3,(H,24,29)(H,22,23,25). The Morgan fingerprint density at radius 1 is 0.967 bits per heavy atom. The number of rotatable bonds is 5. The number of hydrogen-bond acceptors (Lipinski definition) is 7. The van der Waals surface area contributed by atoms with Gasteiger partial charge in [0.15, 0.2) is 11.6 Å². The Balaban J connectivity index is 1.30. The lowest BCUT2D eigenvalue weighted by Crippen LogP contribution is -2.50. The average Bonchev–Trinajstić information content (AvgIpc) is 2.80. The molecule has 1 fully saturated rings. The summed E-state index contributed by atoms with van der Waals surface area (Å²) in [5.41, 5.74) is 1.73. The molecular weight excluding hydrogens is 398 g/mol. The molecule has 9 heteroatoms. The molecule has 4 rings (SSSR count). The van der Waals surface area contributed by atoms with Crippen LogP contribution in [0.15, 0.2) is 65.8 Å². The van der Waals surface area contributed by atoms with Crippen LogP contribution in [0.3, 0.4) is 0 Å². The van der Waals surface area contributed by atoms with Crippen LogP contribution in [0.2, 0.25) is 0 Å². The van der Waals surface area contributed by atoms with E-state index >= 15 is 0 Å². The lowest BCUT2D eigenvalue weighted by Gasteiger charge is -2.35. The zero-order valence-electron chi connectivity index (χ0n) is 16.7.